The number of nitriles is 1. The molecule has 0 bridgehead atoms. The molecule has 2 aromatic rings. The molecule has 0 saturated carbocycles. The third-order valence-electron chi connectivity index (χ3n) is 5.68. The molecule has 3 heterocycles. The summed E-state index contributed by atoms with van der Waals surface area (Å²) >= 11 is 0. The Balaban J connectivity index is 2.08. The summed E-state index contributed by atoms with van der Waals surface area (Å²) < 4.78 is 27.6. The van der Waals surface area contributed by atoms with E-state index in [-0.39, 0.29) is 24.4 Å². The standard InChI is InChI=1S/C26H28N4O9/c1-13(31)35-12-22-24(37-15(3)33)25(38-16(4)34)23(36-14(2)32)21(39-22)9-18-8-19(17-6-5-7-29-11-17)20(10-27)26(28)30-18/h5-8,11,21-25H,9,12H2,1-4H3,(H2,28,30)/t21-,22+,23-,24+,25+/m0/s1. The van der Waals surface area contributed by atoms with Gasteiger partial charge in [-0.15, -0.1) is 0 Å². The maximum absolute atomic E-state index is 12.1. The van der Waals surface area contributed by atoms with Gasteiger partial charge in [0, 0.05) is 63.3 Å². The van der Waals surface area contributed by atoms with Gasteiger partial charge in [0.15, 0.2) is 18.3 Å². The maximum Gasteiger partial charge on any atom is 0.303 e. The number of nitrogen functional groups attached to an aromatic ring is 1. The first kappa shape index (κ1) is 29.0. The van der Waals surface area contributed by atoms with Gasteiger partial charge in [0.2, 0.25) is 0 Å². The van der Waals surface area contributed by atoms with E-state index >= 15 is 0 Å². The third kappa shape index (κ3) is 7.48. The number of nitrogens with two attached hydrogens (primary N) is 1. The molecule has 1 aliphatic heterocycles. The molecule has 0 spiro atoms. The zero-order chi connectivity index (χ0) is 28.7. The quantitative estimate of drug-likeness (QED) is 0.372. The largest absolute Gasteiger partial charge is 0.463 e. The predicted octanol–water partition coefficient (Wildman–Crippen LogP) is 1.27. The highest BCUT2D eigenvalue weighted by atomic mass is 16.7. The van der Waals surface area contributed by atoms with E-state index in [1.54, 1.807) is 30.6 Å². The van der Waals surface area contributed by atoms with Gasteiger partial charge in [-0.25, -0.2) is 4.98 Å². The lowest BCUT2D eigenvalue weighted by atomic mass is 9.91. The number of pyridine rings is 2. The third-order valence-corrected chi connectivity index (χ3v) is 5.68. The number of rotatable bonds is 8. The summed E-state index contributed by atoms with van der Waals surface area (Å²) in [5, 5.41) is 9.67. The second-order valence-electron chi connectivity index (χ2n) is 8.72. The Bertz CT molecular complexity index is 1280. The maximum atomic E-state index is 12.1. The minimum Gasteiger partial charge on any atom is -0.463 e. The van der Waals surface area contributed by atoms with Gasteiger partial charge >= 0.3 is 23.9 Å². The van der Waals surface area contributed by atoms with Crippen LogP contribution in [0, 0.1) is 11.3 Å². The van der Waals surface area contributed by atoms with Crippen LogP contribution in [0.1, 0.15) is 39.0 Å². The van der Waals surface area contributed by atoms with Crippen LogP contribution >= 0.6 is 0 Å². The van der Waals surface area contributed by atoms with Crippen molar-refractivity contribution >= 4 is 29.7 Å². The van der Waals surface area contributed by atoms with Crippen LogP contribution in [0.5, 0.6) is 0 Å². The Morgan fingerprint density at radius 1 is 0.974 bits per heavy atom. The molecule has 13 nitrogen and oxygen atoms in total. The monoisotopic (exact) mass is 540 g/mol. The van der Waals surface area contributed by atoms with Crippen LogP contribution in [-0.4, -0.2) is 71.0 Å². The Labute approximate surface area is 224 Å². The van der Waals surface area contributed by atoms with E-state index in [1.807, 2.05) is 6.07 Å². The second-order valence-corrected chi connectivity index (χ2v) is 8.72. The first-order valence-electron chi connectivity index (χ1n) is 11.9. The number of anilines is 1. The predicted molar refractivity (Wildman–Crippen MR) is 132 cm³/mol. The lowest BCUT2D eigenvalue weighted by Gasteiger charge is -2.44. The zero-order valence-electron chi connectivity index (χ0n) is 21.8. The molecule has 5 atom stereocenters. The molecular formula is C26H28N4O9. The first-order chi connectivity index (χ1) is 18.5. The van der Waals surface area contributed by atoms with Crippen LogP contribution in [0.15, 0.2) is 30.6 Å². The van der Waals surface area contributed by atoms with Crippen molar-refractivity contribution in [3.63, 3.8) is 0 Å². The van der Waals surface area contributed by atoms with Crippen molar-refractivity contribution in [2.75, 3.05) is 12.3 Å². The first-order valence-corrected chi connectivity index (χ1v) is 11.9. The molecule has 0 unspecified atom stereocenters. The SMILES string of the molecule is CC(=O)OC[C@H]1O[C@@H](Cc2cc(-c3cccnc3)c(C#N)c(N)n2)[C@H](OC(C)=O)[C@@H](OC(C)=O)[C@@H]1OC(C)=O. The smallest absolute Gasteiger partial charge is 0.303 e. The molecule has 3 rings (SSSR count). The van der Waals surface area contributed by atoms with Crippen LogP contribution in [0.4, 0.5) is 5.82 Å². The molecule has 0 radical (unpaired) electrons. The number of nitrogens with zero attached hydrogens (tertiary/aromatic N) is 3. The van der Waals surface area contributed by atoms with Crippen LogP contribution in [0.25, 0.3) is 11.1 Å². The normalized spacial score (nSPS) is 22.2. The van der Waals surface area contributed by atoms with Gasteiger partial charge in [-0.1, -0.05) is 6.07 Å². The van der Waals surface area contributed by atoms with Crippen molar-refractivity contribution in [2.24, 2.45) is 0 Å². The Morgan fingerprint density at radius 2 is 1.59 bits per heavy atom. The molecular weight excluding hydrogens is 512 g/mol. The highest BCUT2D eigenvalue weighted by Gasteiger charge is 2.52. The number of ether oxygens (including phenoxy) is 5. The molecule has 0 aliphatic carbocycles. The van der Waals surface area contributed by atoms with Gasteiger partial charge in [0.1, 0.15) is 36.3 Å². The van der Waals surface area contributed by atoms with Crippen LogP contribution in [0.2, 0.25) is 0 Å². The molecule has 2 N–H and O–H groups in total. The van der Waals surface area contributed by atoms with E-state index in [4.69, 9.17) is 29.4 Å². The van der Waals surface area contributed by atoms with Crippen molar-refractivity contribution in [1.82, 2.24) is 9.97 Å². The average molecular weight is 541 g/mol. The summed E-state index contributed by atoms with van der Waals surface area (Å²) in [6.07, 6.45) is -2.82. The fourth-order valence-corrected chi connectivity index (χ4v) is 4.28. The van der Waals surface area contributed by atoms with Crippen molar-refractivity contribution in [3.05, 3.63) is 41.9 Å². The summed E-state index contributed by atoms with van der Waals surface area (Å²) in [4.78, 5) is 56.0. The molecule has 2 aromatic heterocycles. The number of hydrogen-bond donors (Lipinski definition) is 1. The minimum atomic E-state index is -1.30. The van der Waals surface area contributed by atoms with Crippen molar-refractivity contribution in [3.8, 4) is 17.2 Å². The topological polar surface area (TPSA) is 190 Å². The number of hydrogen-bond acceptors (Lipinski definition) is 13. The highest BCUT2D eigenvalue weighted by molar-refractivity contribution is 5.75. The van der Waals surface area contributed by atoms with E-state index in [0.717, 1.165) is 20.8 Å². The fourth-order valence-electron chi connectivity index (χ4n) is 4.28. The molecule has 39 heavy (non-hydrogen) atoms. The van der Waals surface area contributed by atoms with E-state index in [0.29, 0.717) is 16.8 Å². The van der Waals surface area contributed by atoms with Crippen molar-refractivity contribution in [1.29, 1.82) is 5.26 Å². The van der Waals surface area contributed by atoms with Crippen molar-refractivity contribution in [2.45, 2.75) is 64.6 Å². The number of esters is 4. The number of aromatic nitrogens is 2. The van der Waals surface area contributed by atoms with Crippen LogP contribution in [0.3, 0.4) is 0 Å². The van der Waals surface area contributed by atoms with E-state index in [9.17, 15) is 24.4 Å². The lowest BCUT2D eigenvalue weighted by molar-refractivity contribution is -0.252. The number of carbonyl (C=O) groups excluding carboxylic acids is 4. The van der Waals surface area contributed by atoms with E-state index in [2.05, 4.69) is 9.97 Å². The Morgan fingerprint density at radius 3 is 2.13 bits per heavy atom. The van der Waals surface area contributed by atoms with Gasteiger partial charge in [0.05, 0.1) is 0 Å². The van der Waals surface area contributed by atoms with Gasteiger partial charge in [-0.3, -0.25) is 24.2 Å². The highest BCUT2D eigenvalue weighted by Crippen LogP contribution is 2.33. The number of carbonyl (C=O) groups is 4. The lowest BCUT2D eigenvalue weighted by Crippen LogP contribution is -2.62. The van der Waals surface area contributed by atoms with E-state index < -0.39 is 54.4 Å². The Kier molecular flexibility index (Phi) is 9.51. The van der Waals surface area contributed by atoms with Crippen LogP contribution < -0.4 is 5.73 Å². The molecule has 0 amide bonds. The molecule has 13 heteroatoms. The van der Waals surface area contributed by atoms with Crippen molar-refractivity contribution < 1.29 is 42.9 Å². The molecule has 1 aliphatic rings. The van der Waals surface area contributed by atoms with Gasteiger partial charge in [0.25, 0.3) is 0 Å². The minimum absolute atomic E-state index is 0.0394. The van der Waals surface area contributed by atoms with Gasteiger partial charge in [-0.05, 0) is 12.1 Å². The van der Waals surface area contributed by atoms with E-state index in [1.165, 1.54) is 6.92 Å². The second kappa shape index (κ2) is 12.8. The summed E-state index contributed by atoms with van der Waals surface area (Å²) in [7, 11) is 0. The van der Waals surface area contributed by atoms with Crippen LogP contribution in [-0.2, 0) is 49.3 Å². The summed E-state index contributed by atoms with van der Waals surface area (Å²) in [6.45, 7) is 4.29. The molecule has 1 saturated heterocycles. The average Bonchev–Trinajstić information content (AvgIpc) is 2.86. The van der Waals surface area contributed by atoms with Gasteiger partial charge in [-0.2, -0.15) is 5.26 Å². The Hall–Kier alpha value is -4.57. The molecule has 0 aromatic carbocycles. The summed E-state index contributed by atoms with van der Waals surface area (Å²) in [5.41, 5.74) is 7.69. The molecule has 1 fully saturated rings. The van der Waals surface area contributed by atoms with Gasteiger partial charge < -0.3 is 29.4 Å². The fraction of sp³-hybridized carbons (Fsp3) is 0.423. The summed E-state index contributed by atoms with van der Waals surface area (Å²) in [5.74, 6) is -2.84. The zero-order valence-corrected chi connectivity index (χ0v) is 21.8. The molecule has 206 valence electrons. The summed E-state index contributed by atoms with van der Waals surface area (Å²) in [6, 6.07) is 7.12.